The molecule has 0 aromatic heterocycles. The fourth-order valence-electron chi connectivity index (χ4n) is 8.54. The van der Waals surface area contributed by atoms with E-state index in [4.69, 9.17) is 4.74 Å². The highest BCUT2D eigenvalue weighted by atomic mass is 16.6. The second-order valence-corrected chi connectivity index (χ2v) is 11.4. The van der Waals surface area contributed by atoms with Crippen LogP contribution in [-0.2, 0) is 9.53 Å². The maximum atomic E-state index is 11.7. The van der Waals surface area contributed by atoms with Gasteiger partial charge >= 0.3 is 5.97 Å². The molecule has 3 fully saturated rings. The molecule has 3 saturated carbocycles. The predicted octanol–water partition coefficient (Wildman–Crippen LogP) is 5.24. The minimum absolute atomic E-state index is 0.0122. The van der Waals surface area contributed by atoms with Crippen LogP contribution in [0.5, 0.6) is 0 Å². The molecule has 0 aromatic carbocycles. The summed E-state index contributed by atoms with van der Waals surface area (Å²) < 4.78 is 5.54. The van der Waals surface area contributed by atoms with Gasteiger partial charge in [-0.05, 0) is 74.0 Å². The van der Waals surface area contributed by atoms with Crippen LogP contribution in [-0.4, -0.2) is 34.0 Å². The third-order valence-corrected chi connectivity index (χ3v) is 10.1. The number of carbonyl (C=O) groups excluding carboxylic acids is 1. The average Bonchev–Trinajstić information content (AvgIpc) is 3.05. The maximum Gasteiger partial charge on any atom is 0.302 e. The van der Waals surface area contributed by atoms with E-state index < -0.39 is 6.04 Å². The summed E-state index contributed by atoms with van der Waals surface area (Å²) in [6, 6.07) is -0.651. The van der Waals surface area contributed by atoms with Crippen molar-refractivity contribution in [3.63, 3.8) is 0 Å². The third kappa shape index (κ3) is 3.47. The van der Waals surface area contributed by atoms with Crippen molar-refractivity contribution in [2.75, 3.05) is 0 Å². The fraction of sp³-hybridized carbons (Fsp3) is 0.840. The molecule has 0 aromatic rings. The van der Waals surface area contributed by atoms with Gasteiger partial charge in [0.15, 0.2) is 0 Å². The van der Waals surface area contributed by atoms with E-state index in [-0.39, 0.29) is 39.7 Å². The van der Waals surface area contributed by atoms with Gasteiger partial charge in [0.05, 0.1) is 5.71 Å². The zero-order valence-corrected chi connectivity index (χ0v) is 20.0. The Balaban J connectivity index is 1.65. The van der Waals surface area contributed by atoms with Crippen LogP contribution < -0.4 is 0 Å². The summed E-state index contributed by atoms with van der Waals surface area (Å²) in [5, 5.41) is 24.9. The highest BCUT2D eigenvalue weighted by molar-refractivity contribution is 5.85. The van der Waals surface area contributed by atoms with E-state index in [1.54, 1.807) is 6.92 Å². The maximum absolute atomic E-state index is 11.7. The van der Waals surface area contributed by atoms with Crippen LogP contribution in [0.25, 0.3) is 0 Å². The molecule has 4 aliphatic carbocycles. The Morgan fingerprint density at radius 2 is 2.00 bits per heavy atom. The van der Waals surface area contributed by atoms with E-state index in [2.05, 4.69) is 25.1 Å². The smallest absolute Gasteiger partial charge is 0.302 e. The summed E-state index contributed by atoms with van der Waals surface area (Å²) in [4.78, 5) is 23.1. The van der Waals surface area contributed by atoms with Crippen molar-refractivity contribution < 1.29 is 19.7 Å². The second-order valence-electron chi connectivity index (χ2n) is 11.4. The lowest BCUT2D eigenvalue weighted by atomic mass is 9.47. The number of rotatable bonds is 4. The summed E-state index contributed by atoms with van der Waals surface area (Å²) in [5.74, 6) is 1.06. The van der Waals surface area contributed by atoms with Crippen molar-refractivity contribution in [2.24, 2.45) is 45.6 Å². The Kier molecular flexibility index (Phi) is 5.91. The lowest BCUT2D eigenvalue weighted by molar-refractivity contribution is -0.528. The van der Waals surface area contributed by atoms with Crippen molar-refractivity contribution in [3.8, 4) is 0 Å². The molecule has 0 amide bonds. The first-order valence-corrected chi connectivity index (χ1v) is 12.2. The zero-order valence-electron chi connectivity index (χ0n) is 20.0. The highest BCUT2D eigenvalue weighted by Gasteiger charge is 2.63. The molecule has 4 aliphatic rings. The number of hydrogen-bond acceptors (Lipinski definition) is 6. The van der Waals surface area contributed by atoms with Crippen LogP contribution in [0.1, 0.15) is 79.6 Å². The van der Waals surface area contributed by atoms with Gasteiger partial charge in [0.25, 0.3) is 0 Å². The molecule has 0 unspecified atom stereocenters. The lowest BCUT2D eigenvalue weighted by Gasteiger charge is -2.58. The zero-order chi connectivity index (χ0) is 23.4. The molecule has 0 bridgehead atoms. The van der Waals surface area contributed by atoms with Crippen LogP contribution >= 0.6 is 0 Å². The van der Waals surface area contributed by atoms with E-state index in [1.807, 2.05) is 6.92 Å². The number of hydrogen-bond donors (Lipinski definition) is 1. The standard InChI is InChI=1S/C25H38N2O5/c1-14(26-29)23-20(15(2)27(30)31)13-22-19-7-6-17-12-18(32-16(3)28)8-10-24(17,4)21(19)9-11-25(22,23)5/h6,15,18-23,29H,7-13H2,1-5H3/b26-14-/t15-,18-,19+,20-,21-,22-,23-,24-,25-/m0/s1. The molecule has 0 radical (unpaired) electrons. The number of oxime groups is 1. The molecule has 32 heavy (non-hydrogen) atoms. The number of fused-ring (bicyclic) bond motifs is 5. The van der Waals surface area contributed by atoms with Gasteiger partial charge in [0, 0.05) is 37.0 Å². The number of carbonyl (C=O) groups is 1. The predicted molar refractivity (Wildman–Crippen MR) is 121 cm³/mol. The minimum atomic E-state index is -0.651. The van der Waals surface area contributed by atoms with E-state index in [0.29, 0.717) is 23.5 Å². The Bertz CT molecular complexity index is 853. The van der Waals surface area contributed by atoms with Crippen molar-refractivity contribution >= 4 is 11.7 Å². The number of nitro groups is 1. The topological polar surface area (TPSA) is 102 Å². The molecule has 0 saturated heterocycles. The Hall–Kier alpha value is -1.92. The van der Waals surface area contributed by atoms with Crippen LogP contribution in [0.15, 0.2) is 16.8 Å². The van der Waals surface area contributed by atoms with E-state index >= 15 is 0 Å². The molecule has 0 aliphatic heterocycles. The Morgan fingerprint density at radius 1 is 1.28 bits per heavy atom. The molecule has 4 rings (SSSR count). The fourth-order valence-corrected chi connectivity index (χ4v) is 8.54. The third-order valence-electron chi connectivity index (χ3n) is 10.1. The minimum Gasteiger partial charge on any atom is -0.462 e. The van der Waals surface area contributed by atoms with Gasteiger partial charge in [0.2, 0.25) is 6.04 Å². The first kappa shape index (κ1) is 23.2. The van der Waals surface area contributed by atoms with Crippen LogP contribution in [0.3, 0.4) is 0 Å². The van der Waals surface area contributed by atoms with Crippen molar-refractivity contribution in [1.29, 1.82) is 0 Å². The van der Waals surface area contributed by atoms with Crippen LogP contribution in [0.4, 0.5) is 0 Å². The highest BCUT2D eigenvalue weighted by Crippen LogP contribution is 2.68. The molecule has 178 valence electrons. The first-order valence-electron chi connectivity index (χ1n) is 12.2. The molecule has 0 spiro atoms. The molecular weight excluding hydrogens is 408 g/mol. The van der Waals surface area contributed by atoms with Gasteiger partial charge in [-0.25, -0.2) is 0 Å². The summed E-state index contributed by atoms with van der Waals surface area (Å²) in [5.41, 5.74) is 2.12. The van der Waals surface area contributed by atoms with E-state index in [9.17, 15) is 20.1 Å². The van der Waals surface area contributed by atoms with Crippen molar-refractivity contribution in [1.82, 2.24) is 0 Å². The molecule has 9 atom stereocenters. The second kappa shape index (κ2) is 8.14. The molecule has 1 N–H and O–H groups in total. The SMILES string of the molecule is CC(=O)O[C@H]1CC[C@@]2(C)C(=CC[C@H]3[C@@H]4C[C@@H]([C@H](C)[N+](=O)[O-])[C@H](/C(C)=N\O)[C@@]4(C)CC[C@@H]32)C1. The normalized spacial score (nSPS) is 44.5. The van der Waals surface area contributed by atoms with Gasteiger partial charge in [-0.3, -0.25) is 14.9 Å². The summed E-state index contributed by atoms with van der Waals surface area (Å²) >= 11 is 0. The number of nitrogens with zero attached hydrogens (tertiary/aromatic N) is 2. The van der Waals surface area contributed by atoms with Crippen LogP contribution in [0, 0.1) is 50.5 Å². The van der Waals surface area contributed by atoms with Gasteiger partial charge in [-0.1, -0.05) is 30.7 Å². The Labute approximate surface area is 190 Å². The largest absolute Gasteiger partial charge is 0.462 e. The molecular formula is C25H38N2O5. The molecule has 0 heterocycles. The van der Waals surface area contributed by atoms with E-state index in [1.165, 1.54) is 12.5 Å². The Morgan fingerprint density at radius 3 is 2.62 bits per heavy atom. The van der Waals surface area contributed by atoms with Gasteiger partial charge < -0.3 is 9.94 Å². The van der Waals surface area contributed by atoms with Crippen molar-refractivity contribution in [3.05, 3.63) is 21.8 Å². The van der Waals surface area contributed by atoms with Gasteiger partial charge in [-0.2, -0.15) is 0 Å². The molecule has 7 heteroatoms. The monoisotopic (exact) mass is 446 g/mol. The first-order chi connectivity index (χ1) is 15.0. The average molecular weight is 447 g/mol. The van der Waals surface area contributed by atoms with E-state index in [0.717, 1.165) is 44.9 Å². The number of esters is 1. The van der Waals surface area contributed by atoms with Gasteiger partial charge in [-0.15, -0.1) is 0 Å². The number of allylic oxidation sites excluding steroid dienone is 1. The van der Waals surface area contributed by atoms with Crippen LogP contribution in [0.2, 0.25) is 0 Å². The summed E-state index contributed by atoms with van der Waals surface area (Å²) in [6.07, 6.45) is 9.07. The summed E-state index contributed by atoms with van der Waals surface area (Å²) in [6.45, 7) is 9.72. The lowest BCUT2D eigenvalue weighted by Crippen LogP contribution is -2.51. The summed E-state index contributed by atoms with van der Waals surface area (Å²) in [7, 11) is 0. The quantitative estimate of drug-likeness (QED) is 0.159. The number of ether oxygens (including phenoxy) is 1. The molecule has 7 nitrogen and oxygen atoms in total. The van der Waals surface area contributed by atoms with Crippen molar-refractivity contribution in [2.45, 2.75) is 91.7 Å². The van der Waals surface area contributed by atoms with Gasteiger partial charge in [0.1, 0.15) is 6.10 Å².